The number of pyridine rings is 1. The zero-order valence-electron chi connectivity index (χ0n) is 14.5. The monoisotopic (exact) mass is 336 g/mol. The number of hydrogen-bond donors (Lipinski definition) is 1. The van der Waals surface area contributed by atoms with Gasteiger partial charge < -0.3 is 14.8 Å². The molecule has 0 saturated carbocycles. The molecule has 1 N–H and O–H groups in total. The third-order valence-corrected chi connectivity index (χ3v) is 4.09. The van der Waals surface area contributed by atoms with Gasteiger partial charge in [-0.1, -0.05) is 18.2 Å². The Bertz CT molecular complexity index is 922. The highest BCUT2D eigenvalue weighted by molar-refractivity contribution is 5.98. The number of rotatable bonds is 5. The van der Waals surface area contributed by atoms with E-state index in [-0.39, 0.29) is 5.91 Å². The molecule has 1 aromatic heterocycles. The van der Waals surface area contributed by atoms with Crippen molar-refractivity contribution in [1.82, 2.24) is 10.3 Å². The smallest absolute Gasteiger partial charge is 0.253 e. The molecule has 25 heavy (non-hydrogen) atoms. The maximum absolute atomic E-state index is 12.6. The predicted octanol–water partition coefficient (Wildman–Crippen LogP) is 3.49. The molecule has 0 saturated heterocycles. The van der Waals surface area contributed by atoms with Crippen LogP contribution >= 0.6 is 0 Å². The molecule has 1 heterocycles. The normalized spacial score (nSPS) is 10.5. The minimum Gasteiger partial charge on any atom is -0.497 e. The molecule has 128 valence electrons. The number of fused-ring (bicyclic) bond motifs is 1. The Morgan fingerprint density at radius 1 is 1.08 bits per heavy atom. The first-order valence-corrected chi connectivity index (χ1v) is 7.98. The lowest BCUT2D eigenvalue weighted by molar-refractivity contribution is 0.0950. The van der Waals surface area contributed by atoms with Gasteiger partial charge in [-0.25, -0.2) is 0 Å². The Morgan fingerprint density at radius 2 is 1.88 bits per heavy atom. The van der Waals surface area contributed by atoms with E-state index in [2.05, 4.69) is 10.3 Å². The molecular formula is C20H20N2O3. The van der Waals surface area contributed by atoms with Crippen LogP contribution in [0.5, 0.6) is 11.5 Å². The lowest BCUT2D eigenvalue weighted by Crippen LogP contribution is -2.24. The zero-order valence-corrected chi connectivity index (χ0v) is 14.5. The first kappa shape index (κ1) is 16.8. The standard InChI is InChI=1S/C20H20N2O3/c1-13-17(11-15-10-16(24-2)8-9-18(15)22-13)20(23)21-12-14-6-4-5-7-19(14)25-3/h4-11H,12H2,1-3H3,(H,21,23). The number of carbonyl (C=O) groups excluding carboxylic acids is 1. The van der Waals surface area contributed by atoms with E-state index >= 15 is 0 Å². The molecule has 0 aliphatic rings. The van der Waals surface area contributed by atoms with Gasteiger partial charge in [0.25, 0.3) is 5.91 Å². The van der Waals surface area contributed by atoms with Crippen LogP contribution in [0.1, 0.15) is 21.6 Å². The van der Waals surface area contributed by atoms with Crippen molar-refractivity contribution in [3.05, 3.63) is 65.4 Å². The fourth-order valence-corrected chi connectivity index (χ4v) is 2.73. The first-order chi connectivity index (χ1) is 12.1. The van der Waals surface area contributed by atoms with Gasteiger partial charge in [-0.15, -0.1) is 0 Å². The molecule has 3 rings (SSSR count). The molecule has 0 radical (unpaired) electrons. The van der Waals surface area contributed by atoms with Gasteiger partial charge in [-0.3, -0.25) is 9.78 Å². The van der Waals surface area contributed by atoms with Gasteiger partial charge in [0.15, 0.2) is 0 Å². The van der Waals surface area contributed by atoms with Gasteiger partial charge in [-0.2, -0.15) is 0 Å². The number of benzene rings is 2. The Labute approximate surface area is 146 Å². The number of aromatic nitrogens is 1. The highest BCUT2D eigenvalue weighted by Crippen LogP contribution is 2.22. The summed E-state index contributed by atoms with van der Waals surface area (Å²) < 4.78 is 10.6. The Balaban J connectivity index is 1.85. The average molecular weight is 336 g/mol. The van der Waals surface area contributed by atoms with Crippen molar-refractivity contribution in [2.24, 2.45) is 0 Å². The third-order valence-electron chi connectivity index (χ3n) is 4.09. The Kier molecular flexibility index (Phi) is 4.84. The van der Waals surface area contributed by atoms with Gasteiger partial charge in [0.2, 0.25) is 0 Å². The second-order valence-corrected chi connectivity index (χ2v) is 5.67. The number of aryl methyl sites for hydroxylation is 1. The number of methoxy groups -OCH3 is 2. The molecule has 0 aliphatic carbocycles. The van der Waals surface area contributed by atoms with Crippen LogP contribution in [0.4, 0.5) is 0 Å². The van der Waals surface area contributed by atoms with E-state index < -0.39 is 0 Å². The maximum Gasteiger partial charge on any atom is 0.253 e. The van der Waals surface area contributed by atoms with Crippen LogP contribution in [-0.2, 0) is 6.54 Å². The van der Waals surface area contributed by atoms with Gasteiger partial charge in [0.05, 0.1) is 31.0 Å². The van der Waals surface area contributed by atoms with Gasteiger partial charge in [-0.05, 0) is 37.3 Å². The van der Waals surface area contributed by atoms with Crippen molar-refractivity contribution >= 4 is 16.8 Å². The number of carbonyl (C=O) groups is 1. The van der Waals surface area contributed by atoms with Crippen molar-refractivity contribution in [1.29, 1.82) is 0 Å². The molecule has 0 spiro atoms. The molecular weight excluding hydrogens is 316 g/mol. The highest BCUT2D eigenvalue weighted by atomic mass is 16.5. The second-order valence-electron chi connectivity index (χ2n) is 5.67. The summed E-state index contributed by atoms with van der Waals surface area (Å²) in [6.45, 7) is 2.22. The number of hydrogen-bond acceptors (Lipinski definition) is 4. The lowest BCUT2D eigenvalue weighted by Gasteiger charge is -2.11. The van der Waals surface area contributed by atoms with Crippen LogP contribution in [0.3, 0.4) is 0 Å². The van der Waals surface area contributed by atoms with Gasteiger partial charge >= 0.3 is 0 Å². The van der Waals surface area contributed by atoms with Crippen LogP contribution in [-0.4, -0.2) is 25.1 Å². The second kappa shape index (κ2) is 7.21. The molecule has 0 fully saturated rings. The number of para-hydroxylation sites is 1. The molecule has 0 bridgehead atoms. The molecule has 2 aromatic carbocycles. The summed E-state index contributed by atoms with van der Waals surface area (Å²) >= 11 is 0. The molecule has 0 atom stereocenters. The number of nitrogens with zero attached hydrogens (tertiary/aromatic N) is 1. The fourth-order valence-electron chi connectivity index (χ4n) is 2.73. The van der Waals surface area contributed by atoms with Crippen molar-refractivity contribution < 1.29 is 14.3 Å². The molecule has 0 aliphatic heterocycles. The Hall–Kier alpha value is -3.08. The van der Waals surface area contributed by atoms with Crippen LogP contribution in [0.15, 0.2) is 48.5 Å². The molecule has 0 unspecified atom stereocenters. The summed E-state index contributed by atoms with van der Waals surface area (Å²) in [5.74, 6) is 1.32. The molecule has 3 aromatic rings. The van der Waals surface area contributed by atoms with E-state index in [1.54, 1.807) is 14.2 Å². The average Bonchev–Trinajstić information content (AvgIpc) is 2.65. The van der Waals surface area contributed by atoms with Crippen molar-refractivity contribution in [3.8, 4) is 11.5 Å². The number of nitrogens with one attached hydrogen (secondary N) is 1. The van der Waals surface area contributed by atoms with E-state index in [1.807, 2.05) is 55.5 Å². The molecule has 5 nitrogen and oxygen atoms in total. The largest absolute Gasteiger partial charge is 0.497 e. The molecule has 1 amide bonds. The maximum atomic E-state index is 12.6. The zero-order chi connectivity index (χ0) is 17.8. The summed E-state index contributed by atoms with van der Waals surface area (Å²) in [7, 11) is 3.23. The summed E-state index contributed by atoms with van der Waals surface area (Å²) in [5, 5.41) is 3.80. The molecule has 5 heteroatoms. The van der Waals surface area contributed by atoms with E-state index in [1.165, 1.54) is 0 Å². The van der Waals surface area contributed by atoms with Crippen molar-refractivity contribution in [2.45, 2.75) is 13.5 Å². The van der Waals surface area contributed by atoms with Gasteiger partial charge in [0.1, 0.15) is 11.5 Å². The predicted molar refractivity (Wildman–Crippen MR) is 97.2 cm³/mol. The topological polar surface area (TPSA) is 60.5 Å². The van der Waals surface area contributed by atoms with E-state index in [0.717, 1.165) is 28.0 Å². The minimum atomic E-state index is -0.166. The van der Waals surface area contributed by atoms with Crippen LogP contribution in [0.2, 0.25) is 0 Å². The number of amides is 1. The van der Waals surface area contributed by atoms with E-state index in [0.29, 0.717) is 17.8 Å². The van der Waals surface area contributed by atoms with E-state index in [9.17, 15) is 4.79 Å². The van der Waals surface area contributed by atoms with E-state index in [4.69, 9.17) is 9.47 Å². The Morgan fingerprint density at radius 3 is 2.64 bits per heavy atom. The quantitative estimate of drug-likeness (QED) is 0.775. The fraction of sp³-hybridized carbons (Fsp3) is 0.200. The van der Waals surface area contributed by atoms with Crippen molar-refractivity contribution in [2.75, 3.05) is 14.2 Å². The highest BCUT2D eigenvalue weighted by Gasteiger charge is 2.13. The summed E-state index contributed by atoms with van der Waals surface area (Å²) in [6.07, 6.45) is 0. The van der Waals surface area contributed by atoms with Crippen LogP contribution in [0, 0.1) is 6.92 Å². The SMILES string of the molecule is COc1ccc2nc(C)c(C(=O)NCc3ccccc3OC)cc2c1. The van der Waals surface area contributed by atoms with Crippen LogP contribution in [0.25, 0.3) is 10.9 Å². The van der Waals surface area contributed by atoms with Gasteiger partial charge in [0, 0.05) is 17.5 Å². The first-order valence-electron chi connectivity index (χ1n) is 7.98. The summed E-state index contributed by atoms with van der Waals surface area (Å²) in [6, 6.07) is 15.1. The lowest BCUT2D eigenvalue weighted by atomic mass is 10.1. The summed E-state index contributed by atoms with van der Waals surface area (Å²) in [5.41, 5.74) is 3.00. The number of ether oxygens (including phenoxy) is 2. The van der Waals surface area contributed by atoms with Crippen LogP contribution < -0.4 is 14.8 Å². The minimum absolute atomic E-state index is 0.166. The van der Waals surface area contributed by atoms with Crippen molar-refractivity contribution in [3.63, 3.8) is 0 Å². The summed E-state index contributed by atoms with van der Waals surface area (Å²) in [4.78, 5) is 17.1. The third kappa shape index (κ3) is 3.55.